The molecule has 7 nitrogen and oxygen atoms in total. The van der Waals surface area contributed by atoms with E-state index in [1.807, 2.05) is 47.0 Å². The largest absolute Gasteiger partial charge is 0.399 e. The summed E-state index contributed by atoms with van der Waals surface area (Å²) in [5.74, 6) is 0.650. The zero-order valence-electron chi connectivity index (χ0n) is 17.9. The second-order valence-corrected chi connectivity index (χ2v) is 8.37. The van der Waals surface area contributed by atoms with Crippen molar-refractivity contribution in [3.8, 4) is 17.2 Å². The van der Waals surface area contributed by atoms with Crippen LogP contribution in [-0.4, -0.2) is 14.1 Å². The van der Waals surface area contributed by atoms with Crippen LogP contribution in [0.5, 0.6) is 0 Å². The van der Waals surface area contributed by atoms with Gasteiger partial charge in [0.05, 0.1) is 28.9 Å². The van der Waals surface area contributed by atoms with Crippen LogP contribution >= 0.6 is 0 Å². The molecule has 0 aliphatic heterocycles. The summed E-state index contributed by atoms with van der Waals surface area (Å²) in [4.78, 5) is 17.4. The van der Waals surface area contributed by atoms with Crippen LogP contribution in [0.2, 0.25) is 0 Å². The Balaban J connectivity index is 1.53. The van der Waals surface area contributed by atoms with Gasteiger partial charge in [-0.2, -0.15) is 5.26 Å². The average molecular weight is 425 g/mol. The van der Waals surface area contributed by atoms with Crippen molar-refractivity contribution in [1.82, 2.24) is 14.1 Å². The van der Waals surface area contributed by atoms with Gasteiger partial charge in [0.15, 0.2) is 0 Å². The number of aryl methyl sites for hydroxylation is 1. The van der Waals surface area contributed by atoms with Gasteiger partial charge in [-0.15, -0.1) is 0 Å². The number of nitriles is 1. The number of hydrogen-bond donors (Lipinski definition) is 2. The summed E-state index contributed by atoms with van der Waals surface area (Å²) in [6.07, 6.45) is 6.12. The molecular weight excluding hydrogens is 400 g/mol. The fraction of sp³-hybridized carbons (Fsp3) is 0.240. The number of anilines is 3. The van der Waals surface area contributed by atoms with Gasteiger partial charge in [-0.3, -0.25) is 9.13 Å². The predicted molar refractivity (Wildman–Crippen MR) is 127 cm³/mol. The van der Waals surface area contributed by atoms with Crippen LogP contribution < -0.4 is 16.7 Å². The zero-order chi connectivity index (χ0) is 22.2. The summed E-state index contributed by atoms with van der Waals surface area (Å²) in [7, 11) is 1.80. The molecule has 4 aromatic rings. The maximum Gasteiger partial charge on any atom is 0.329 e. The maximum absolute atomic E-state index is 12.9. The Morgan fingerprint density at radius 3 is 2.69 bits per heavy atom. The van der Waals surface area contributed by atoms with Crippen LogP contribution in [0.25, 0.3) is 22.2 Å². The van der Waals surface area contributed by atoms with Gasteiger partial charge in [-0.1, -0.05) is 25.0 Å². The minimum Gasteiger partial charge on any atom is -0.399 e. The third-order valence-corrected chi connectivity index (χ3v) is 6.22. The lowest BCUT2D eigenvalue weighted by atomic mass is 10.0. The molecule has 2 aromatic heterocycles. The fourth-order valence-electron chi connectivity index (χ4n) is 4.65. The van der Waals surface area contributed by atoms with Crippen molar-refractivity contribution in [1.29, 1.82) is 5.26 Å². The van der Waals surface area contributed by atoms with E-state index in [0.29, 0.717) is 17.1 Å². The number of nitrogen functional groups attached to an aromatic ring is 1. The molecule has 0 amide bonds. The molecular formula is C25H24N6O. The van der Waals surface area contributed by atoms with Gasteiger partial charge in [-0.25, -0.2) is 9.78 Å². The lowest BCUT2D eigenvalue weighted by Gasteiger charge is -2.13. The number of aromatic nitrogens is 3. The molecule has 5 rings (SSSR count). The Morgan fingerprint density at radius 2 is 1.91 bits per heavy atom. The molecule has 1 aliphatic rings. The molecule has 0 bridgehead atoms. The lowest BCUT2D eigenvalue weighted by molar-refractivity contribution is 0.509. The van der Waals surface area contributed by atoms with E-state index in [1.54, 1.807) is 23.9 Å². The minimum absolute atomic E-state index is 0.00877. The maximum atomic E-state index is 12.9. The van der Waals surface area contributed by atoms with E-state index < -0.39 is 0 Å². The van der Waals surface area contributed by atoms with E-state index in [4.69, 9.17) is 5.73 Å². The van der Waals surface area contributed by atoms with Crippen LogP contribution in [0, 0.1) is 11.3 Å². The van der Waals surface area contributed by atoms with Crippen molar-refractivity contribution in [2.75, 3.05) is 11.1 Å². The van der Waals surface area contributed by atoms with Gasteiger partial charge in [0.25, 0.3) is 0 Å². The molecule has 32 heavy (non-hydrogen) atoms. The number of imidazole rings is 1. The quantitative estimate of drug-likeness (QED) is 0.462. The normalized spacial score (nSPS) is 14.0. The van der Waals surface area contributed by atoms with Crippen LogP contribution in [0.15, 0.2) is 59.5 Å². The summed E-state index contributed by atoms with van der Waals surface area (Å²) >= 11 is 0. The number of pyridine rings is 1. The molecule has 2 aromatic carbocycles. The van der Waals surface area contributed by atoms with E-state index in [1.165, 1.54) is 0 Å². The monoisotopic (exact) mass is 424 g/mol. The van der Waals surface area contributed by atoms with Crippen molar-refractivity contribution in [3.63, 3.8) is 0 Å². The summed E-state index contributed by atoms with van der Waals surface area (Å²) in [6, 6.07) is 17.5. The van der Waals surface area contributed by atoms with Crippen molar-refractivity contribution < 1.29 is 0 Å². The third kappa shape index (κ3) is 3.50. The van der Waals surface area contributed by atoms with Gasteiger partial charge in [0.2, 0.25) is 0 Å². The molecule has 3 N–H and O–H groups in total. The van der Waals surface area contributed by atoms with Crippen molar-refractivity contribution in [2.45, 2.75) is 31.7 Å². The van der Waals surface area contributed by atoms with Gasteiger partial charge < -0.3 is 11.1 Å². The SMILES string of the molecule is Cn1c(=O)n(C2CCCC2)c2cc(Nc3cc(N)cc(-c4cccc(C#N)c4)c3)ncc21. The highest BCUT2D eigenvalue weighted by Gasteiger charge is 2.23. The molecule has 0 unspecified atom stereocenters. The first-order valence-electron chi connectivity index (χ1n) is 10.8. The van der Waals surface area contributed by atoms with Crippen molar-refractivity contribution >= 4 is 28.2 Å². The molecule has 2 heterocycles. The predicted octanol–water partition coefficient (Wildman–Crippen LogP) is 4.71. The van der Waals surface area contributed by atoms with E-state index >= 15 is 0 Å². The Kier molecular flexibility index (Phi) is 4.91. The number of nitrogens with two attached hydrogens (primary N) is 1. The van der Waals surface area contributed by atoms with Crippen LogP contribution in [0.1, 0.15) is 37.3 Å². The highest BCUT2D eigenvalue weighted by Crippen LogP contribution is 2.32. The van der Waals surface area contributed by atoms with E-state index in [-0.39, 0.29) is 11.7 Å². The summed E-state index contributed by atoms with van der Waals surface area (Å²) in [5, 5.41) is 12.5. The van der Waals surface area contributed by atoms with E-state index in [9.17, 15) is 10.1 Å². The second kappa shape index (κ2) is 7.89. The zero-order valence-corrected chi connectivity index (χ0v) is 17.9. The number of hydrogen-bond acceptors (Lipinski definition) is 5. The number of nitrogens with zero attached hydrogens (tertiary/aromatic N) is 4. The van der Waals surface area contributed by atoms with Gasteiger partial charge >= 0.3 is 5.69 Å². The molecule has 1 fully saturated rings. The van der Waals surface area contributed by atoms with Gasteiger partial charge in [-0.05, 0) is 54.3 Å². The average Bonchev–Trinajstić information content (AvgIpc) is 3.40. The molecule has 7 heteroatoms. The highest BCUT2D eigenvalue weighted by molar-refractivity contribution is 5.81. The lowest BCUT2D eigenvalue weighted by Crippen LogP contribution is -2.24. The molecule has 0 saturated heterocycles. The van der Waals surface area contributed by atoms with Crippen LogP contribution in [-0.2, 0) is 7.05 Å². The topological polar surface area (TPSA) is 102 Å². The molecule has 0 radical (unpaired) electrons. The van der Waals surface area contributed by atoms with Gasteiger partial charge in [0.1, 0.15) is 5.82 Å². The molecule has 160 valence electrons. The first kappa shape index (κ1) is 19.9. The first-order chi connectivity index (χ1) is 15.5. The fourth-order valence-corrected chi connectivity index (χ4v) is 4.65. The number of nitrogens with one attached hydrogen (secondary N) is 1. The van der Waals surface area contributed by atoms with Crippen molar-refractivity contribution in [3.05, 3.63) is 70.8 Å². The summed E-state index contributed by atoms with van der Waals surface area (Å²) in [6.45, 7) is 0. The van der Waals surface area contributed by atoms with E-state index in [2.05, 4.69) is 16.4 Å². The minimum atomic E-state index is 0.00877. The van der Waals surface area contributed by atoms with E-state index in [0.717, 1.165) is 53.5 Å². The van der Waals surface area contributed by atoms with Gasteiger partial charge in [0, 0.05) is 30.5 Å². The number of rotatable bonds is 4. The Hall–Kier alpha value is -4.05. The Morgan fingerprint density at radius 1 is 1.09 bits per heavy atom. The highest BCUT2D eigenvalue weighted by atomic mass is 16.1. The number of benzene rings is 2. The standard InChI is InChI=1S/C25H24N6O/c1-30-23-15-28-24(13-22(23)31(25(30)32)21-7-2-3-8-21)29-20-11-18(10-19(27)12-20)17-6-4-5-16(9-17)14-26/h4-6,9-13,15,21H,2-3,7-8,27H2,1H3,(H,28,29). The van der Waals surface area contributed by atoms with Crippen molar-refractivity contribution in [2.24, 2.45) is 7.05 Å². The second-order valence-electron chi connectivity index (χ2n) is 8.37. The number of fused-ring (bicyclic) bond motifs is 1. The molecule has 1 aliphatic carbocycles. The summed E-state index contributed by atoms with van der Waals surface area (Å²) in [5.41, 5.74) is 11.7. The molecule has 1 saturated carbocycles. The smallest absolute Gasteiger partial charge is 0.329 e. The molecule has 0 spiro atoms. The van der Waals surface area contributed by atoms with Crippen LogP contribution in [0.3, 0.4) is 0 Å². The van der Waals surface area contributed by atoms with Crippen LogP contribution in [0.4, 0.5) is 17.2 Å². The Bertz CT molecular complexity index is 1420. The molecule has 0 atom stereocenters. The summed E-state index contributed by atoms with van der Waals surface area (Å²) < 4.78 is 3.60. The first-order valence-corrected chi connectivity index (χ1v) is 10.8. The Labute approximate surface area is 185 Å². The third-order valence-electron chi connectivity index (χ3n) is 6.22.